The van der Waals surface area contributed by atoms with Crippen molar-refractivity contribution in [2.75, 3.05) is 0 Å². The average Bonchev–Trinajstić information content (AvgIpc) is 2.65. The van der Waals surface area contributed by atoms with Gasteiger partial charge in [0.25, 0.3) is 0 Å². The zero-order valence-electron chi connectivity index (χ0n) is 9.18. The summed E-state index contributed by atoms with van der Waals surface area (Å²) in [6.45, 7) is 1.71. The van der Waals surface area contributed by atoms with E-state index in [1.54, 1.807) is 36.0 Å². The molecule has 16 heavy (non-hydrogen) atoms. The second-order valence-corrected chi connectivity index (χ2v) is 4.38. The molecule has 1 N–H and O–H groups in total. The van der Waals surface area contributed by atoms with Crippen LogP contribution in [0.1, 0.15) is 18.3 Å². The molecule has 0 aliphatic rings. The highest BCUT2D eigenvalue weighted by Crippen LogP contribution is 2.28. The molecule has 0 bridgehead atoms. The van der Waals surface area contributed by atoms with Crippen molar-refractivity contribution in [3.05, 3.63) is 53.1 Å². The monoisotopic (exact) mass is 236 g/mol. The molecular weight excluding hydrogens is 224 g/mol. The van der Waals surface area contributed by atoms with Gasteiger partial charge in [0.2, 0.25) is 0 Å². The lowest BCUT2D eigenvalue weighted by Crippen LogP contribution is -2.26. The number of hydrogen-bond donors (Lipinski definition) is 1. The summed E-state index contributed by atoms with van der Waals surface area (Å²) in [5.74, 6) is 0.592. The first-order valence-corrected chi connectivity index (χ1v) is 5.36. The summed E-state index contributed by atoms with van der Waals surface area (Å²) >= 11 is 5.91. The number of rotatable bonds is 2. The fourth-order valence-corrected chi connectivity index (χ4v) is 1.95. The summed E-state index contributed by atoms with van der Waals surface area (Å²) in [7, 11) is 1.85. The van der Waals surface area contributed by atoms with Crippen molar-refractivity contribution in [2.24, 2.45) is 7.05 Å². The van der Waals surface area contributed by atoms with Crippen LogP contribution in [0.5, 0.6) is 0 Å². The third-order valence-electron chi connectivity index (χ3n) is 2.64. The van der Waals surface area contributed by atoms with Crippen molar-refractivity contribution in [2.45, 2.75) is 12.5 Å². The maximum atomic E-state index is 10.5. The van der Waals surface area contributed by atoms with Crippen LogP contribution < -0.4 is 0 Å². The first-order valence-electron chi connectivity index (χ1n) is 4.98. The van der Waals surface area contributed by atoms with Gasteiger partial charge in [-0.25, -0.2) is 4.98 Å². The molecule has 0 aliphatic heterocycles. The Morgan fingerprint density at radius 3 is 2.75 bits per heavy atom. The summed E-state index contributed by atoms with van der Waals surface area (Å²) < 4.78 is 1.79. The number of aromatic nitrogens is 2. The normalized spacial score (nSPS) is 14.8. The molecule has 84 valence electrons. The quantitative estimate of drug-likeness (QED) is 0.869. The maximum absolute atomic E-state index is 10.5. The Balaban J connectivity index is 2.51. The number of halogens is 1. The largest absolute Gasteiger partial charge is 0.377 e. The second-order valence-electron chi connectivity index (χ2n) is 3.94. The molecule has 1 unspecified atom stereocenters. The summed E-state index contributed by atoms with van der Waals surface area (Å²) in [5.41, 5.74) is -0.405. The van der Waals surface area contributed by atoms with Gasteiger partial charge < -0.3 is 9.67 Å². The van der Waals surface area contributed by atoms with Crippen LogP contribution in [-0.2, 0) is 12.6 Å². The molecule has 3 nitrogen and oxygen atoms in total. The van der Waals surface area contributed by atoms with Gasteiger partial charge in [0, 0.05) is 24.5 Å². The van der Waals surface area contributed by atoms with E-state index in [0.717, 1.165) is 5.56 Å². The van der Waals surface area contributed by atoms with Gasteiger partial charge >= 0.3 is 0 Å². The third-order valence-corrected chi connectivity index (χ3v) is 2.88. The summed E-state index contributed by atoms with van der Waals surface area (Å²) in [6.07, 6.45) is 3.46. The highest BCUT2D eigenvalue weighted by Gasteiger charge is 2.29. The van der Waals surface area contributed by atoms with Gasteiger partial charge in [-0.3, -0.25) is 0 Å². The molecule has 0 amide bonds. The zero-order chi connectivity index (χ0) is 11.8. The van der Waals surface area contributed by atoms with Gasteiger partial charge in [0.15, 0.2) is 0 Å². The van der Waals surface area contributed by atoms with Crippen molar-refractivity contribution in [3.63, 3.8) is 0 Å². The zero-order valence-corrected chi connectivity index (χ0v) is 9.94. The second kappa shape index (κ2) is 3.92. The lowest BCUT2D eigenvalue weighted by atomic mass is 9.95. The van der Waals surface area contributed by atoms with Crippen molar-refractivity contribution in [3.8, 4) is 0 Å². The van der Waals surface area contributed by atoms with E-state index in [1.807, 2.05) is 19.2 Å². The molecule has 1 aromatic heterocycles. The Morgan fingerprint density at radius 1 is 1.44 bits per heavy atom. The lowest BCUT2D eigenvalue weighted by molar-refractivity contribution is 0.0892. The van der Waals surface area contributed by atoms with Crippen LogP contribution in [0.25, 0.3) is 0 Å². The van der Waals surface area contributed by atoms with Gasteiger partial charge in [-0.2, -0.15) is 0 Å². The first kappa shape index (κ1) is 11.2. The van der Waals surface area contributed by atoms with Gasteiger partial charge in [-0.1, -0.05) is 23.7 Å². The lowest BCUT2D eigenvalue weighted by Gasteiger charge is -2.23. The molecule has 2 aromatic rings. The number of aryl methyl sites for hydroxylation is 1. The molecule has 0 aliphatic carbocycles. The minimum atomic E-state index is -1.14. The van der Waals surface area contributed by atoms with E-state index in [-0.39, 0.29) is 0 Å². The van der Waals surface area contributed by atoms with Gasteiger partial charge in [0.05, 0.1) is 0 Å². The van der Waals surface area contributed by atoms with Crippen molar-refractivity contribution < 1.29 is 5.11 Å². The highest BCUT2D eigenvalue weighted by atomic mass is 35.5. The standard InChI is InChI=1S/C12H13ClN2O/c1-12(16,11-14-6-7-15(11)2)9-4-3-5-10(13)8-9/h3-8,16H,1-2H3. The minimum Gasteiger partial charge on any atom is -0.377 e. The molecule has 1 atom stereocenters. The predicted octanol–water partition coefficient (Wildman–Crippen LogP) is 2.33. The SMILES string of the molecule is Cn1ccnc1C(C)(O)c1cccc(Cl)c1. The molecule has 0 saturated heterocycles. The van der Waals surface area contributed by atoms with E-state index in [1.165, 1.54) is 0 Å². The van der Waals surface area contributed by atoms with Crippen LogP contribution in [0.4, 0.5) is 0 Å². The molecule has 0 saturated carbocycles. The van der Waals surface area contributed by atoms with Crippen LogP contribution in [-0.4, -0.2) is 14.7 Å². The number of imidazole rings is 1. The molecule has 1 heterocycles. The Bertz CT molecular complexity index is 505. The van der Waals surface area contributed by atoms with Crippen LogP contribution in [0.15, 0.2) is 36.7 Å². The van der Waals surface area contributed by atoms with E-state index in [0.29, 0.717) is 10.8 Å². The number of benzene rings is 1. The van der Waals surface area contributed by atoms with Gasteiger partial charge in [0.1, 0.15) is 11.4 Å². The summed E-state index contributed by atoms with van der Waals surface area (Å²) in [6, 6.07) is 7.17. The van der Waals surface area contributed by atoms with Crippen molar-refractivity contribution in [1.82, 2.24) is 9.55 Å². The molecule has 2 rings (SSSR count). The summed E-state index contributed by atoms with van der Waals surface area (Å²) in [5, 5.41) is 11.1. The van der Waals surface area contributed by atoms with Crippen LogP contribution >= 0.6 is 11.6 Å². The van der Waals surface area contributed by atoms with Crippen LogP contribution in [0, 0.1) is 0 Å². The van der Waals surface area contributed by atoms with Crippen LogP contribution in [0.2, 0.25) is 5.02 Å². The Labute approximate surface area is 99.3 Å². The van der Waals surface area contributed by atoms with E-state index in [2.05, 4.69) is 4.98 Å². The number of aliphatic hydroxyl groups is 1. The Morgan fingerprint density at radius 2 is 2.19 bits per heavy atom. The average molecular weight is 237 g/mol. The van der Waals surface area contributed by atoms with Crippen molar-refractivity contribution >= 4 is 11.6 Å². The van der Waals surface area contributed by atoms with E-state index in [9.17, 15) is 5.11 Å². The van der Waals surface area contributed by atoms with Crippen LogP contribution in [0.3, 0.4) is 0 Å². The molecule has 4 heteroatoms. The van der Waals surface area contributed by atoms with Crippen molar-refractivity contribution in [1.29, 1.82) is 0 Å². The fraction of sp³-hybridized carbons (Fsp3) is 0.250. The Kier molecular flexibility index (Phi) is 2.74. The summed E-state index contributed by atoms with van der Waals surface area (Å²) in [4.78, 5) is 4.16. The van der Waals surface area contributed by atoms with Gasteiger partial charge in [-0.05, 0) is 24.6 Å². The topological polar surface area (TPSA) is 38.0 Å². The third kappa shape index (κ3) is 1.84. The predicted molar refractivity (Wildman–Crippen MR) is 63.3 cm³/mol. The van der Waals surface area contributed by atoms with E-state index < -0.39 is 5.60 Å². The number of nitrogens with zero attached hydrogens (tertiary/aromatic N) is 2. The smallest absolute Gasteiger partial charge is 0.144 e. The number of hydrogen-bond acceptors (Lipinski definition) is 2. The molecule has 1 aromatic carbocycles. The first-order chi connectivity index (χ1) is 7.51. The molecule has 0 spiro atoms. The molecule has 0 radical (unpaired) electrons. The maximum Gasteiger partial charge on any atom is 0.144 e. The fourth-order valence-electron chi connectivity index (χ4n) is 1.76. The van der Waals surface area contributed by atoms with Gasteiger partial charge in [-0.15, -0.1) is 0 Å². The van der Waals surface area contributed by atoms with E-state index >= 15 is 0 Å². The molecular formula is C12H13ClN2O. The Hall–Kier alpha value is -1.32. The van der Waals surface area contributed by atoms with E-state index in [4.69, 9.17) is 11.6 Å². The highest BCUT2D eigenvalue weighted by molar-refractivity contribution is 6.30. The molecule has 0 fully saturated rings. The minimum absolute atomic E-state index is 0.592.